The number of amides is 2. The van der Waals surface area contributed by atoms with Crippen LogP contribution in [-0.2, 0) is 16.2 Å². The number of hydrogen-bond acceptors (Lipinski definition) is 7. The number of anilines is 2. The SMILES string of the molecule is CC1CC(=O)Nc2ccccc2N1C(=O)CSc1nnc(COc2ccc(F)cc2)o1. The van der Waals surface area contributed by atoms with Gasteiger partial charge < -0.3 is 19.4 Å². The van der Waals surface area contributed by atoms with Crippen molar-refractivity contribution in [2.24, 2.45) is 0 Å². The number of nitrogens with one attached hydrogen (secondary N) is 1. The third-order valence-corrected chi connectivity index (χ3v) is 5.37. The van der Waals surface area contributed by atoms with Crippen LogP contribution in [-0.4, -0.2) is 33.8 Å². The lowest BCUT2D eigenvalue weighted by atomic mass is 10.2. The topological polar surface area (TPSA) is 97.6 Å². The molecule has 10 heteroatoms. The minimum Gasteiger partial charge on any atom is -0.484 e. The van der Waals surface area contributed by atoms with E-state index >= 15 is 0 Å². The summed E-state index contributed by atoms with van der Waals surface area (Å²) < 4.78 is 23.9. The summed E-state index contributed by atoms with van der Waals surface area (Å²) in [6.45, 7) is 1.86. The van der Waals surface area contributed by atoms with Crippen molar-refractivity contribution < 1.29 is 23.1 Å². The second-order valence-electron chi connectivity index (χ2n) is 6.88. The number of fused-ring (bicyclic) bond motifs is 1. The second-order valence-corrected chi connectivity index (χ2v) is 7.80. The summed E-state index contributed by atoms with van der Waals surface area (Å²) >= 11 is 1.11. The summed E-state index contributed by atoms with van der Waals surface area (Å²) in [7, 11) is 0. The number of aromatic nitrogens is 2. The lowest BCUT2D eigenvalue weighted by molar-refractivity contribution is -0.117. The van der Waals surface area contributed by atoms with E-state index < -0.39 is 0 Å². The highest BCUT2D eigenvalue weighted by Crippen LogP contribution is 2.32. The molecule has 1 atom stereocenters. The standard InChI is InChI=1S/C21H19FN4O4S/c1-13-10-18(27)23-16-4-2-3-5-17(16)26(13)20(28)12-31-21-25-24-19(30-21)11-29-15-8-6-14(22)7-9-15/h2-9,13H,10-12H2,1H3,(H,23,27). The maximum Gasteiger partial charge on any atom is 0.277 e. The maximum atomic E-state index is 13.0. The van der Waals surface area contributed by atoms with Crippen LogP contribution in [0.5, 0.6) is 5.75 Å². The van der Waals surface area contributed by atoms with Crippen LogP contribution in [0.2, 0.25) is 0 Å². The zero-order valence-corrected chi connectivity index (χ0v) is 17.4. The quantitative estimate of drug-likeness (QED) is 0.582. The molecule has 1 N–H and O–H groups in total. The Hall–Kier alpha value is -3.40. The highest BCUT2D eigenvalue weighted by atomic mass is 32.2. The van der Waals surface area contributed by atoms with Crippen LogP contribution in [0.1, 0.15) is 19.2 Å². The van der Waals surface area contributed by atoms with Crippen LogP contribution in [0.3, 0.4) is 0 Å². The van der Waals surface area contributed by atoms with E-state index in [0.29, 0.717) is 17.1 Å². The Kier molecular flexibility index (Phi) is 6.17. The summed E-state index contributed by atoms with van der Waals surface area (Å²) in [6.07, 6.45) is 0.205. The molecule has 0 radical (unpaired) electrons. The average Bonchev–Trinajstić information content (AvgIpc) is 3.16. The van der Waals surface area contributed by atoms with Crippen molar-refractivity contribution in [1.82, 2.24) is 10.2 Å². The number of thioether (sulfide) groups is 1. The van der Waals surface area contributed by atoms with Crippen LogP contribution < -0.4 is 15.0 Å². The molecule has 1 aromatic heterocycles. The van der Waals surface area contributed by atoms with Gasteiger partial charge in [0.05, 0.1) is 17.1 Å². The van der Waals surface area contributed by atoms with Gasteiger partial charge in [-0.05, 0) is 43.3 Å². The number of ether oxygens (including phenoxy) is 1. The molecule has 0 saturated carbocycles. The monoisotopic (exact) mass is 442 g/mol. The Balaban J connectivity index is 1.37. The summed E-state index contributed by atoms with van der Waals surface area (Å²) in [5, 5.41) is 10.9. The van der Waals surface area contributed by atoms with Gasteiger partial charge in [0.15, 0.2) is 6.61 Å². The van der Waals surface area contributed by atoms with Gasteiger partial charge in [0.1, 0.15) is 11.6 Å². The number of benzene rings is 2. The largest absolute Gasteiger partial charge is 0.484 e. The van der Waals surface area contributed by atoms with Gasteiger partial charge in [0.2, 0.25) is 11.8 Å². The molecule has 1 aliphatic heterocycles. The summed E-state index contributed by atoms with van der Waals surface area (Å²) in [6, 6.07) is 12.5. The predicted octanol–water partition coefficient (Wildman–Crippen LogP) is 3.64. The number of halogens is 1. The Bertz CT molecular complexity index is 1090. The van der Waals surface area contributed by atoms with E-state index in [4.69, 9.17) is 9.15 Å². The zero-order valence-electron chi connectivity index (χ0n) is 16.6. The summed E-state index contributed by atoms with van der Waals surface area (Å²) in [5.41, 5.74) is 1.26. The molecule has 2 heterocycles. The molecule has 0 fully saturated rings. The van der Waals surface area contributed by atoms with Gasteiger partial charge in [0, 0.05) is 12.5 Å². The highest BCUT2D eigenvalue weighted by molar-refractivity contribution is 7.99. The van der Waals surface area contributed by atoms with E-state index in [2.05, 4.69) is 15.5 Å². The van der Waals surface area contributed by atoms with Gasteiger partial charge in [-0.25, -0.2) is 4.39 Å². The molecule has 8 nitrogen and oxygen atoms in total. The van der Waals surface area contributed by atoms with Crippen molar-refractivity contribution in [3.8, 4) is 5.75 Å². The molecule has 0 aliphatic carbocycles. The Morgan fingerprint density at radius 2 is 2.03 bits per heavy atom. The van der Waals surface area contributed by atoms with Crippen molar-refractivity contribution in [1.29, 1.82) is 0 Å². The van der Waals surface area contributed by atoms with E-state index in [9.17, 15) is 14.0 Å². The van der Waals surface area contributed by atoms with Gasteiger partial charge >= 0.3 is 0 Å². The van der Waals surface area contributed by atoms with Gasteiger partial charge in [-0.1, -0.05) is 23.9 Å². The molecule has 31 heavy (non-hydrogen) atoms. The molecule has 3 aromatic rings. The molecule has 2 amide bonds. The third-order valence-electron chi connectivity index (χ3n) is 4.57. The number of rotatable bonds is 6. The second kappa shape index (κ2) is 9.17. The predicted molar refractivity (Wildman–Crippen MR) is 112 cm³/mol. The van der Waals surface area contributed by atoms with Crippen molar-refractivity contribution in [3.05, 3.63) is 60.2 Å². The zero-order chi connectivity index (χ0) is 21.8. The molecule has 0 spiro atoms. The molecule has 0 bridgehead atoms. The fraction of sp³-hybridized carbons (Fsp3) is 0.238. The number of carbonyl (C=O) groups excluding carboxylic acids is 2. The van der Waals surface area contributed by atoms with Gasteiger partial charge in [0.25, 0.3) is 11.1 Å². The van der Waals surface area contributed by atoms with Crippen LogP contribution >= 0.6 is 11.8 Å². The van der Waals surface area contributed by atoms with E-state index in [1.807, 2.05) is 13.0 Å². The highest BCUT2D eigenvalue weighted by Gasteiger charge is 2.29. The molecule has 1 aliphatic rings. The molecule has 0 saturated heterocycles. The van der Waals surface area contributed by atoms with Crippen molar-refractivity contribution in [3.63, 3.8) is 0 Å². The molecular formula is C21H19FN4O4S. The van der Waals surface area contributed by atoms with Crippen LogP contribution in [0.15, 0.2) is 58.2 Å². The van der Waals surface area contributed by atoms with E-state index in [-0.39, 0.29) is 53.6 Å². The average molecular weight is 442 g/mol. The van der Waals surface area contributed by atoms with Crippen molar-refractivity contribution >= 4 is 35.0 Å². The van der Waals surface area contributed by atoms with Gasteiger partial charge in [-0.2, -0.15) is 0 Å². The van der Waals surface area contributed by atoms with E-state index in [1.165, 1.54) is 24.3 Å². The molecule has 4 rings (SSSR count). The van der Waals surface area contributed by atoms with Gasteiger partial charge in [-0.3, -0.25) is 9.59 Å². The molecular weight excluding hydrogens is 423 g/mol. The molecule has 1 unspecified atom stereocenters. The lowest BCUT2D eigenvalue weighted by Gasteiger charge is -2.27. The van der Waals surface area contributed by atoms with E-state index in [0.717, 1.165) is 11.8 Å². The summed E-state index contributed by atoms with van der Waals surface area (Å²) in [5.74, 6) is 0.112. The normalized spacial score (nSPS) is 15.7. The smallest absolute Gasteiger partial charge is 0.277 e. The lowest BCUT2D eigenvalue weighted by Crippen LogP contribution is -2.40. The fourth-order valence-electron chi connectivity index (χ4n) is 3.19. The van der Waals surface area contributed by atoms with E-state index in [1.54, 1.807) is 23.1 Å². The van der Waals surface area contributed by atoms with Crippen molar-refractivity contribution in [2.45, 2.75) is 31.2 Å². The first-order valence-electron chi connectivity index (χ1n) is 9.54. The molecule has 160 valence electrons. The third kappa shape index (κ3) is 5.02. The summed E-state index contributed by atoms with van der Waals surface area (Å²) in [4.78, 5) is 26.7. The number of nitrogens with zero attached hydrogens (tertiary/aromatic N) is 3. The fourth-order valence-corrected chi connectivity index (χ4v) is 3.83. The minimum absolute atomic E-state index is 0.0253. The number of carbonyl (C=O) groups is 2. The van der Waals surface area contributed by atoms with Crippen LogP contribution in [0.4, 0.5) is 15.8 Å². The number of para-hydroxylation sites is 2. The Labute approximate surface area is 181 Å². The van der Waals surface area contributed by atoms with Crippen LogP contribution in [0.25, 0.3) is 0 Å². The minimum atomic E-state index is -0.352. The Morgan fingerprint density at radius 1 is 1.26 bits per heavy atom. The first-order valence-corrected chi connectivity index (χ1v) is 10.5. The Morgan fingerprint density at radius 3 is 2.84 bits per heavy atom. The first kappa shape index (κ1) is 20.9. The maximum absolute atomic E-state index is 13.0. The number of hydrogen-bond donors (Lipinski definition) is 1. The first-order chi connectivity index (χ1) is 15.0. The van der Waals surface area contributed by atoms with Crippen LogP contribution in [0, 0.1) is 5.82 Å². The van der Waals surface area contributed by atoms with Gasteiger partial charge in [-0.15, -0.1) is 10.2 Å². The molecule has 2 aromatic carbocycles. The van der Waals surface area contributed by atoms with Crippen molar-refractivity contribution in [2.75, 3.05) is 16.0 Å².